The minimum Gasteiger partial charge on any atom is -0.126 e. The average Bonchev–Trinajstić information content (AvgIpc) is 1.88. The predicted molar refractivity (Wildman–Crippen MR) is 44.8 cm³/mol. The van der Waals surface area contributed by atoms with Crippen molar-refractivity contribution in [2.24, 2.45) is 5.92 Å². The number of hydrogen-bond donors (Lipinski definition) is 0. The minimum absolute atomic E-state index is 0.587. The van der Waals surface area contributed by atoms with E-state index >= 15 is 0 Å². The fraction of sp³-hybridized carbons (Fsp3) is 0.500. The molecule has 0 heteroatoms. The first-order valence-electron chi connectivity index (χ1n) is 3.78. The van der Waals surface area contributed by atoms with E-state index in [1.165, 1.54) is 24.0 Å². The molecule has 0 fully saturated rings. The molecule has 0 amide bonds. The maximum atomic E-state index is 3.92. The summed E-state index contributed by atoms with van der Waals surface area (Å²) in [4.78, 5) is 0. The largest absolute Gasteiger partial charge is 0.126 e. The van der Waals surface area contributed by atoms with Crippen molar-refractivity contribution in [3.8, 4) is 0 Å². The molecule has 0 bridgehead atoms. The van der Waals surface area contributed by atoms with Crippen molar-refractivity contribution >= 4 is 0 Å². The van der Waals surface area contributed by atoms with E-state index in [2.05, 4.69) is 32.2 Å². The van der Waals surface area contributed by atoms with Crippen LogP contribution in [0, 0.1) is 5.92 Å². The molecule has 0 aromatic carbocycles. The van der Waals surface area contributed by atoms with Crippen LogP contribution in [0.4, 0.5) is 0 Å². The topological polar surface area (TPSA) is 0 Å². The summed E-state index contributed by atoms with van der Waals surface area (Å²) >= 11 is 0. The van der Waals surface area contributed by atoms with E-state index in [9.17, 15) is 0 Å². The summed E-state index contributed by atoms with van der Waals surface area (Å²) in [5, 5.41) is 0. The van der Waals surface area contributed by atoms with E-state index in [0.717, 1.165) is 0 Å². The van der Waals surface area contributed by atoms with E-state index in [4.69, 9.17) is 0 Å². The van der Waals surface area contributed by atoms with E-state index < -0.39 is 0 Å². The van der Waals surface area contributed by atoms with Crippen LogP contribution < -0.4 is 0 Å². The van der Waals surface area contributed by atoms with Crippen LogP contribution in [0.25, 0.3) is 0 Å². The third-order valence-corrected chi connectivity index (χ3v) is 1.99. The number of rotatable bonds is 1. The summed E-state index contributed by atoms with van der Waals surface area (Å²) in [6.07, 6.45) is 4.56. The van der Waals surface area contributed by atoms with Crippen LogP contribution >= 0.6 is 0 Å². The van der Waals surface area contributed by atoms with Gasteiger partial charge in [-0.25, -0.2) is 0 Å². The highest BCUT2D eigenvalue weighted by Gasteiger charge is 2.08. The second kappa shape index (κ2) is 2.90. The van der Waals surface area contributed by atoms with Gasteiger partial charge in [-0.3, -0.25) is 0 Å². The van der Waals surface area contributed by atoms with Gasteiger partial charge >= 0.3 is 0 Å². The summed E-state index contributed by atoms with van der Waals surface area (Å²) in [5.41, 5.74) is 5.88. The lowest BCUT2D eigenvalue weighted by molar-refractivity contribution is 0.658. The fourth-order valence-corrected chi connectivity index (χ4v) is 1.16. The molecule has 0 heterocycles. The molecule has 1 rings (SSSR count). The molecule has 1 atom stereocenters. The molecule has 1 aliphatic rings. The third kappa shape index (κ3) is 1.62. The molecule has 54 valence electrons. The van der Waals surface area contributed by atoms with Crippen LogP contribution in [0.3, 0.4) is 0 Å². The Kier molecular flexibility index (Phi) is 2.13. The zero-order chi connectivity index (χ0) is 7.56. The molecule has 0 nitrogen and oxygen atoms in total. The highest BCUT2D eigenvalue weighted by Crippen LogP contribution is 2.22. The molecule has 1 aliphatic carbocycles. The van der Waals surface area contributed by atoms with Gasteiger partial charge in [-0.05, 0) is 38.3 Å². The Morgan fingerprint density at radius 1 is 1.80 bits per heavy atom. The van der Waals surface area contributed by atoms with Gasteiger partial charge in [0.05, 0.1) is 0 Å². The Morgan fingerprint density at radius 3 is 2.90 bits per heavy atom. The first-order chi connectivity index (χ1) is 4.70. The van der Waals surface area contributed by atoms with Gasteiger partial charge < -0.3 is 0 Å². The Bertz CT molecular complexity index is 202. The molecule has 0 aliphatic heterocycles. The Balaban J connectivity index is 2.72. The van der Waals surface area contributed by atoms with Crippen molar-refractivity contribution in [3.05, 3.63) is 29.5 Å². The van der Waals surface area contributed by atoms with Gasteiger partial charge in [0.15, 0.2) is 0 Å². The predicted octanol–water partition coefficient (Wildman–Crippen LogP) is 3.07. The van der Waals surface area contributed by atoms with Gasteiger partial charge in [-0.15, -0.1) is 5.73 Å². The molecule has 0 N–H and O–H groups in total. The van der Waals surface area contributed by atoms with Gasteiger partial charge in [0, 0.05) is 5.92 Å². The van der Waals surface area contributed by atoms with Crippen LogP contribution in [0.1, 0.15) is 26.7 Å². The van der Waals surface area contributed by atoms with Crippen molar-refractivity contribution in [2.45, 2.75) is 26.7 Å². The molecule has 1 unspecified atom stereocenters. The van der Waals surface area contributed by atoms with Crippen molar-refractivity contribution < 1.29 is 0 Å². The lowest BCUT2D eigenvalue weighted by atomic mass is 9.91. The lowest BCUT2D eigenvalue weighted by Gasteiger charge is -2.14. The summed E-state index contributed by atoms with van der Waals surface area (Å²) in [6.45, 7) is 8.14. The first-order valence-corrected chi connectivity index (χ1v) is 3.78. The standard InChI is InChI=1S/C10H14/c1-8(2)10-6-4-9(3)5-7-10/h7,10H,1,4,6H2,2-3H3. The SMILES string of the molecule is C=C(C)C1C=C=C(C)CC1. The first kappa shape index (κ1) is 7.37. The highest BCUT2D eigenvalue weighted by atomic mass is 14.1. The summed E-state index contributed by atoms with van der Waals surface area (Å²) < 4.78 is 0. The molecular weight excluding hydrogens is 120 g/mol. The maximum absolute atomic E-state index is 3.92. The molecule has 0 aromatic rings. The zero-order valence-corrected chi connectivity index (χ0v) is 6.78. The lowest BCUT2D eigenvalue weighted by Crippen LogP contribution is -2.00. The van der Waals surface area contributed by atoms with Crippen LogP contribution in [0.5, 0.6) is 0 Å². The summed E-state index contributed by atoms with van der Waals surface area (Å²) in [5.74, 6) is 0.587. The monoisotopic (exact) mass is 134 g/mol. The molecule has 10 heavy (non-hydrogen) atoms. The van der Waals surface area contributed by atoms with Crippen molar-refractivity contribution in [3.63, 3.8) is 0 Å². The molecule has 0 saturated heterocycles. The molecule has 0 aromatic heterocycles. The van der Waals surface area contributed by atoms with E-state index in [1.54, 1.807) is 0 Å². The molecular formula is C10H14. The fourth-order valence-electron chi connectivity index (χ4n) is 1.16. The summed E-state index contributed by atoms with van der Waals surface area (Å²) in [7, 11) is 0. The highest BCUT2D eigenvalue weighted by molar-refractivity contribution is 5.13. The Labute approximate surface area is 62.9 Å². The Hall–Kier alpha value is -0.740. The molecule has 0 spiro atoms. The van der Waals surface area contributed by atoms with Crippen LogP contribution in [-0.4, -0.2) is 0 Å². The van der Waals surface area contributed by atoms with Crippen LogP contribution in [0.15, 0.2) is 29.5 Å². The van der Waals surface area contributed by atoms with Gasteiger partial charge in [-0.2, -0.15) is 0 Å². The van der Waals surface area contributed by atoms with Crippen molar-refractivity contribution in [1.29, 1.82) is 0 Å². The van der Waals surface area contributed by atoms with Gasteiger partial charge in [0.2, 0.25) is 0 Å². The maximum Gasteiger partial charge on any atom is 0.00504 e. The average molecular weight is 134 g/mol. The quantitative estimate of drug-likeness (QED) is 0.382. The van der Waals surface area contributed by atoms with Gasteiger partial charge in [0.25, 0.3) is 0 Å². The Morgan fingerprint density at radius 2 is 2.50 bits per heavy atom. The zero-order valence-electron chi connectivity index (χ0n) is 6.78. The normalized spacial score (nSPS) is 24.2. The summed E-state index contributed by atoms with van der Waals surface area (Å²) in [6, 6.07) is 0. The van der Waals surface area contributed by atoms with Crippen LogP contribution in [0.2, 0.25) is 0 Å². The minimum atomic E-state index is 0.587. The number of allylic oxidation sites excluding steroid dienone is 2. The smallest absolute Gasteiger partial charge is 0.00504 e. The number of hydrogen-bond acceptors (Lipinski definition) is 0. The molecule has 0 radical (unpaired) electrons. The third-order valence-electron chi connectivity index (χ3n) is 1.99. The second-order valence-corrected chi connectivity index (χ2v) is 3.08. The van der Waals surface area contributed by atoms with Crippen molar-refractivity contribution in [2.75, 3.05) is 0 Å². The second-order valence-electron chi connectivity index (χ2n) is 3.08. The van der Waals surface area contributed by atoms with Gasteiger partial charge in [0.1, 0.15) is 0 Å². The van der Waals surface area contributed by atoms with Gasteiger partial charge in [-0.1, -0.05) is 12.2 Å². The van der Waals surface area contributed by atoms with E-state index in [0.29, 0.717) is 5.92 Å². The molecule has 0 saturated carbocycles. The van der Waals surface area contributed by atoms with E-state index in [1.807, 2.05) is 0 Å². The van der Waals surface area contributed by atoms with Crippen LogP contribution in [-0.2, 0) is 0 Å². The van der Waals surface area contributed by atoms with Crippen molar-refractivity contribution in [1.82, 2.24) is 0 Å². The van der Waals surface area contributed by atoms with E-state index in [-0.39, 0.29) is 0 Å².